The standard InChI is InChI=1S/C14H19BrO3/c1-4-12(13(16)18-3)14(17,5-2)10-6-8-11(15)9-7-10/h6-9,12,17H,4-5H2,1-3H3. The minimum Gasteiger partial charge on any atom is -0.469 e. The van der Waals surface area contributed by atoms with Gasteiger partial charge in [-0.2, -0.15) is 0 Å². The van der Waals surface area contributed by atoms with E-state index in [0.717, 1.165) is 10.0 Å². The number of carbonyl (C=O) groups excluding carboxylic acids is 1. The Bertz CT molecular complexity index is 402. The van der Waals surface area contributed by atoms with Crippen LogP contribution in [0.2, 0.25) is 0 Å². The summed E-state index contributed by atoms with van der Waals surface area (Å²) in [5.41, 5.74) is -0.437. The molecule has 0 saturated carbocycles. The van der Waals surface area contributed by atoms with Gasteiger partial charge in [0.05, 0.1) is 13.0 Å². The number of rotatable bonds is 5. The second kappa shape index (κ2) is 6.34. The smallest absolute Gasteiger partial charge is 0.311 e. The Kier molecular flexibility index (Phi) is 5.35. The zero-order chi connectivity index (χ0) is 13.8. The molecule has 1 aromatic carbocycles. The molecule has 0 aliphatic carbocycles. The van der Waals surface area contributed by atoms with Gasteiger partial charge in [-0.1, -0.05) is 41.9 Å². The van der Waals surface area contributed by atoms with Crippen LogP contribution in [0.4, 0.5) is 0 Å². The molecule has 1 aromatic rings. The fourth-order valence-electron chi connectivity index (χ4n) is 2.23. The average molecular weight is 315 g/mol. The van der Waals surface area contributed by atoms with E-state index >= 15 is 0 Å². The molecule has 0 spiro atoms. The molecule has 4 heteroatoms. The van der Waals surface area contributed by atoms with E-state index in [1.807, 2.05) is 38.1 Å². The third-order valence-electron chi connectivity index (χ3n) is 3.35. The van der Waals surface area contributed by atoms with Crippen LogP contribution in [0.25, 0.3) is 0 Å². The molecule has 18 heavy (non-hydrogen) atoms. The molecular formula is C14H19BrO3. The highest BCUT2D eigenvalue weighted by atomic mass is 79.9. The van der Waals surface area contributed by atoms with Gasteiger partial charge in [-0.15, -0.1) is 0 Å². The third kappa shape index (κ3) is 2.93. The lowest BCUT2D eigenvalue weighted by Gasteiger charge is -2.33. The predicted octanol–water partition coefficient (Wildman–Crippen LogP) is 3.25. The molecule has 0 heterocycles. The first-order chi connectivity index (χ1) is 8.49. The van der Waals surface area contributed by atoms with Gasteiger partial charge >= 0.3 is 5.97 Å². The van der Waals surface area contributed by atoms with E-state index < -0.39 is 11.5 Å². The number of aliphatic hydroxyl groups is 1. The van der Waals surface area contributed by atoms with Gasteiger partial charge in [0.1, 0.15) is 5.60 Å². The Balaban J connectivity index is 3.17. The van der Waals surface area contributed by atoms with Crippen molar-refractivity contribution >= 4 is 21.9 Å². The van der Waals surface area contributed by atoms with E-state index in [9.17, 15) is 9.90 Å². The number of hydrogen-bond acceptors (Lipinski definition) is 3. The van der Waals surface area contributed by atoms with E-state index in [4.69, 9.17) is 4.74 Å². The third-order valence-corrected chi connectivity index (χ3v) is 3.88. The maximum absolute atomic E-state index is 11.8. The summed E-state index contributed by atoms with van der Waals surface area (Å²) in [6.45, 7) is 3.74. The number of carbonyl (C=O) groups is 1. The first-order valence-electron chi connectivity index (χ1n) is 6.05. The summed E-state index contributed by atoms with van der Waals surface area (Å²) in [6, 6.07) is 7.39. The van der Waals surface area contributed by atoms with Gasteiger partial charge in [0.2, 0.25) is 0 Å². The van der Waals surface area contributed by atoms with Gasteiger partial charge in [-0.3, -0.25) is 4.79 Å². The topological polar surface area (TPSA) is 46.5 Å². The number of halogens is 1. The van der Waals surface area contributed by atoms with E-state index in [-0.39, 0.29) is 5.97 Å². The zero-order valence-corrected chi connectivity index (χ0v) is 12.5. The van der Waals surface area contributed by atoms with Gasteiger partial charge in [-0.05, 0) is 30.5 Å². The van der Waals surface area contributed by atoms with Crippen LogP contribution in [0, 0.1) is 5.92 Å². The molecule has 100 valence electrons. The summed E-state index contributed by atoms with van der Waals surface area (Å²) >= 11 is 3.36. The normalized spacial score (nSPS) is 15.8. The van der Waals surface area contributed by atoms with Crippen LogP contribution in [-0.4, -0.2) is 18.2 Å². The van der Waals surface area contributed by atoms with E-state index in [2.05, 4.69) is 15.9 Å². The minimum atomic E-state index is -1.18. The van der Waals surface area contributed by atoms with Crippen molar-refractivity contribution < 1.29 is 14.6 Å². The molecule has 0 aliphatic rings. The molecule has 0 fully saturated rings. The zero-order valence-electron chi connectivity index (χ0n) is 10.9. The molecule has 0 saturated heterocycles. The van der Waals surface area contributed by atoms with Crippen LogP contribution >= 0.6 is 15.9 Å². The summed E-state index contributed by atoms with van der Waals surface area (Å²) in [5.74, 6) is -0.918. The van der Waals surface area contributed by atoms with Crippen LogP contribution in [0.1, 0.15) is 32.3 Å². The number of hydrogen-bond donors (Lipinski definition) is 1. The molecule has 0 radical (unpaired) electrons. The van der Waals surface area contributed by atoms with Gasteiger partial charge in [0.15, 0.2) is 0 Å². The minimum absolute atomic E-state index is 0.371. The Morgan fingerprint density at radius 3 is 2.33 bits per heavy atom. The highest BCUT2D eigenvalue weighted by molar-refractivity contribution is 9.10. The molecule has 0 aliphatic heterocycles. The Morgan fingerprint density at radius 2 is 1.94 bits per heavy atom. The fraction of sp³-hybridized carbons (Fsp3) is 0.500. The summed E-state index contributed by atoms with van der Waals surface area (Å²) in [6.07, 6.45) is 0.995. The van der Waals surface area contributed by atoms with Crippen molar-refractivity contribution in [3.63, 3.8) is 0 Å². The van der Waals surface area contributed by atoms with Crippen molar-refractivity contribution in [2.45, 2.75) is 32.3 Å². The van der Waals surface area contributed by atoms with Crippen molar-refractivity contribution in [2.24, 2.45) is 5.92 Å². The molecule has 1 N–H and O–H groups in total. The van der Waals surface area contributed by atoms with Crippen LogP contribution in [-0.2, 0) is 15.1 Å². The first-order valence-corrected chi connectivity index (χ1v) is 6.85. The maximum Gasteiger partial charge on any atom is 0.311 e. The van der Waals surface area contributed by atoms with Crippen molar-refractivity contribution in [3.05, 3.63) is 34.3 Å². The number of esters is 1. The molecule has 0 aromatic heterocycles. The van der Waals surface area contributed by atoms with Gasteiger partial charge in [0, 0.05) is 4.47 Å². The quantitative estimate of drug-likeness (QED) is 0.849. The SMILES string of the molecule is CCC(C(=O)OC)C(O)(CC)c1ccc(Br)cc1. The highest BCUT2D eigenvalue weighted by Crippen LogP contribution is 2.36. The second-order valence-corrected chi connectivity index (χ2v) is 5.18. The lowest BCUT2D eigenvalue weighted by Crippen LogP contribution is -2.39. The van der Waals surface area contributed by atoms with Crippen molar-refractivity contribution in [3.8, 4) is 0 Å². The molecular weight excluding hydrogens is 296 g/mol. The van der Waals surface area contributed by atoms with E-state index in [1.54, 1.807) is 0 Å². The second-order valence-electron chi connectivity index (χ2n) is 4.27. The molecule has 0 bridgehead atoms. The largest absolute Gasteiger partial charge is 0.469 e. The van der Waals surface area contributed by atoms with Crippen LogP contribution in [0.5, 0.6) is 0 Å². The van der Waals surface area contributed by atoms with Crippen molar-refractivity contribution in [2.75, 3.05) is 7.11 Å². The Labute approximate surface area is 116 Å². The first kappa shape index (κ1) is 15.2. The lowest BCUT2D eigenvalue weighted by atomic mass is 9.78. The van der Waals surface area contributed by atoms with Crippen molar-refractivity contribution in [1.82, 2.24) is 0 Å². The summed E-state index contributed by atoms with van der Waals surface area (Å²) in [7, 11) is 1.35. The molecule has 2 unspecified atom stereocenters. The molecule has 3 nitrogen and oxygen atoms in total. The Morgan fingerprint density at radius 1 is 1.39 bits per heavy atom. The number of ether oxygens (including phenoxy) is 1. The van der Waals surface area contributed by atoms with Gasteiger partial charge < -0.3 is 9.84 Å². The van der Waals surface area contributed by atoms with Gasteiger partial charge in [-0.25, -0.2) is 0 Å². The molecule has 2 atom stereocenters. The van der Waals surface area contributed by atoms with Crippen LogP contribution < -0.4 is 0 Å². The maximum atomic E-state index is 11.8. The molecule has 1 rings (SSSR count). The summed E-state index contributed by atoms with van der Waals surface area (Å²) < 4.78 is 5.73. The number of benzene rings is 1. The van der Waals surface area contributed by atoms with E-state index in [0.29, 0.717) is 12.8 Å². The highest BCUT2D eigenvalue weighted by Gasteiger charge is 2.41. The monoisotopic (exact) mass is 314 g/mol. The Hall–Kier alpha value is -0.870. The summed E-state index contributed by atoms with van der Waals surface area (Å²) in [5, 5.41) is 10.8. The summed E-state index contributed by atoms with van der Waals surface area (Å²) in [4.78, 5) is 11.8. The molecule has 0 amide bonds. The predicted molar refractivity (Wildman–Crippen MR) is 74.1 cm³/mol. The van der Waals surface area contributed by atoms with Crippen LogP contribution in [0.15, 0.2) is 28.7 Å². The fourth-order valence-corrected chi connectivity index (χ4v) is 2.50. The average Bonchev–Trinajstić information content (AvgIpc) is 2.39. The van der Waals surface area contributed by atoms with Crippen molar-refractivity contribution in [1.29, 1.82) is 0 Å². The van der Waals surface area contributed by atoms with Crippen LogP contribution in [0.3, 0.4) is 0 Å². The lowest BCUT2D eigenvalue weighted by molar-refractivity contribution is -0.157. The van der Waals surface area contributed by atoms with E-state index in [1.165, 1.54) is 7.11 Å². The number of methoxy groups -OCH3 is 1. The van der Waals surface area contributed by atoms with Gasteiger partial charge in [0.25, 0.3) is 0 Å².